The highest BCUT2D eigenvalue weighted by Crippen LogP contribution is 2.26. The van der Waals surface area contributed by atoms with Gasteiger partial charge in [-0.3, -0.25) is 4.90 Å². The van der Waals surface area contributed by atoms with Crippen molar-refractivity contribution < 1.29 is 4.52 Å². The summed E-state index contributed by atoms with van der Waals surface area (Å²) in [6.07, 6.45) is 2.53. The van der Waals surface area contributed by atoms with Crippen molar-refractivity contribution in [2.24, 2.45) is 5.92 Å². The lowest BCUT2D eigenvalue weighted by Crippen LogP contribution is -2.43. The Balaban J connectivity index is 0.00000132. The molecule has 0 bridgehead atoms. The second kappa shape index (κ2) is 6.44. The first-order chi connectivity index (χ1) is 9.88. The third-order valence-corrected chi connectivity index (χ3v) is 5.03. The van der Waals surface area contributed by atoms with Crippen molar-refractivity contribution in [3.8, 4) is 11.4 Å². The van der Waals surface area contributed by atoms with Gasteiger partial charge in [0.15, 0.2) is 0 Å². The number of nitrogens with zero attached hydrogens (tertiary/aromatic N) is 3. The maximum atomic E-state index is 5.39. The number of halogens is 1. The number of thiophene rings is 1. The predicted octanol–water partition coefficient (Wildman–Crippen LogP) is 2.40. The minimum Gasteiger partial charge on any atom is -0.338 e. The van der Waals surface area contributed by atoms with Crippen molar-refractivity contribution in [2.75, 3.05) is 19.6 Å². The molecule has 0 amide bonds. The van der Waals surface area contributed by atoms with Crippen LogP contribution in [-0.4, -0.2) is 40.7 Å². The molecule has 2 unspecified atom stereocenters. The summed E-state index contributed by atoms with van der Waals surface area (Å²) in [5.41, 5.74) is 1.05. The van der Waals surface area contributed by atoms with E-state index in [1.807, 2.05) is 16.8 Å². The Labute approximate surface area is 134 Å². The SMILES string of the molecule is Cl.c1cc(-c2noc(CN3CCC4NCCC4C3)n2)cs1. The van der Waals surface area contributed by atoms with Crippen LogP contribution in [0.3, 0.4) is 0 Å². The molecule has 5 nitrogen and oxygen atoms in total. The number of nitrogens with one attached hydrogen (secondary N) is 1. The van der Waals surface area contributed by atoms with E-state index in [1.54, 1.807) is 11.3 Å². The van der Waals surface area contributed by atoms with Gasteiger partial charge in [0.1, 0.15) is 0 Å². The maximum absolute atomic E-state index is 5.39. The van der Waals surface area contributed by atoms with Crippen LogP contribution in [0.2, 0.25) is 0 Å². The minimum atomic E-state index is 0. The second-order valence-electron chi connectivity index (χ2n) is 5.66. The molecule has 4 rings (SSSR count). The average Bonchev–Trinajstić information content (AvgIpc) is 3.19. The third kappa shape index (κ3) is 3.13. The van der Waals surface area contributed by atoms with E-state index in [2.05, 4.69) is 20.4 Å². The summed E-state index contributed by atoms with van der Waals surface area (Å²) in [4.78, 5) is 6.95. The number of rotatable bonds is 3. The van der Waals surface area contributed by atoms with E-state index in [0.717, 1.165) is 43.0 Å². The second-order valence-corrected chi connectivity index (χ2v) is 6.44. The molecule has 0 spiro atoms. The first-order valence-corrected chi connectivity index (χ1v) is 8.13. The fourth-order valence-corrected chi connectivity index (χ4v) is 3.92. The van der Waals surface area contributed by atoms with Crippen molar-refractivity contribution in [2.45, 2.75) is 25.4 Å². The van der Waals surface area contributed by atoms with Crippen LogP contribution < -0.4 is 5.32 Å². The minimum absolute atomic E-state index is 0. The monoisotopic (exact) mass is 326 g/mol. The normalized spacial score (nSPS) is 25.5. The van der Waals surface area contributed by atoms with E-state index in [1.165, 1.54) is 19.4 Å². The summed E-state index contributed by atoms with van der Waals surface area (Å²) >= 11 is 1.65. The zero-order valence-electron chi connectivity index (χ0n) is 11.7. The van der Waals surface area contributed by atoms with Gasteiger partial charge in [-0.1, -0.05) is 5.16 Å². The topological polar surface area (TPSA) is 54.2 Å². The summed E-state index contributed by atoms with van der Waals surface area (Å²) in [6, 6.07) is 2.75. The molecular formula is C14H19ClN4OS. The smallest absolute Gasteiger partial charge is 0.241 e. The van der Waals surface area contributed by atoms with E-state index >= 15 is 0 Å². The number of fused-ring (bicyclic) bond motifs is 1. The molecule has 2 fully saturated rings. The molecule has 2 aromatic heterocycles. The summed E-state index contributed by atoms with van der Waals surface area (Å²) < 4.78 is 5.39. The molecule has 0 aliphatic carbocycles. The number of likely N-dealkylation sites (tertiary alicyclic amines) is 1. The number of hydrogen-bond donors (Lipinski definition) is 1. The van der Waals surface area contributed by atoms with Crippen LogP contribution in [-0.2, 0) is 6.54 Å². The Kier molecular flexibility index (Phi) is 4.59. The van der Waals surface area contributed by atoms with Gasteiger partial charge >= 0.3 is 0 Å². The van der Waals surface area contributed by atoms with E-state index in [0.29, 0.717) is 5.82 Å². The fraction of sp³-hybridized carbons (Fsp3) is 0.571. The predicted molar refractivity (Wildman–Crippen MR) is 84.7 cm³/mol. The molecule has 114 valence electrons. The Morgan fingerprint density at radius 3 is 3.24 bits per heavy atom. The molecule has 4 heterocycles. The molecule has 2 saturated heterocycles. The Morgan fingerprint density at radius 1 is 1.43 bits per heavy atom. The molecule has 0 aromatic carbocycles. The van der Waals surface area contributed by atoms with Crippen molar-refractivity contribution >= 4 is 23.7 Å². The lowest BCUT2D eigenvalue weighted by molar-refractivity contribution is 0.140. The molecule has 2 aromatic rings. The van der Waals surface area contributed by atoms with E-state index in [9.17, 15) is 0 Å². The van der Waals surface area contributed by atoms with Gasteiger partial charge in [0.05, 0.1) is 6.54 Å². The zero-order chi connectivity index (χ0) is 13.4. The summed E-state index contributed by atoms with van der Waals surface area (Å²) in [6.45, 7) is 4.21. The molecule has 7 heteroatoms. The highest BCUT2D eigenvalue weighted by Gasteiger charge is 2.32. The van der Waals surface area contributed by atoms with Crippen LogP contribution >= 0.6 is 23.7 Å². The van der Waals surface area contributed by atoms with Gasteiger partial charge in [-0.2, -0.15) is 16.3 Å². The van der Waals surface area contributed by atoms with E-state index < -0.39 is 0 Å². The molecule has 2 atom stereocenters. The number of aromatic nitrogens is 2. The first kappa shape index (κ1) is 15.0. The van der Waals surface area contributed by atoms with E-state index in [-0.39, 0.29) is 12.4 Å². The van der Waals surface area contributed by atoms with Crippen LogP contribution in [0.4, 0.5) is 0 Å². The van der Waals surface area contributed by atoms with Gasteiger partial charge in [0, 0.05) is 30.1 Å². The van der Waals surface area contributed by atoms with Gasteiger partial charge in [-0.05, 0) is 36.8 Å². The zero-order valence-corrected chi connectivity index (χ0v) is 13.3. The lowest BCUT2D eigenvalue weighted by atomic mass is 9.93. The maximum Gasteiger partial charge on any atom is 0.241 e. The Hall–Kier alpha value is -0.950. The molecule has 1 N–H and O–H groups in total. The molecule has 2 aliphatic heterocycles. The molecule has 21 heavy (non-hydrogen) atoms. The Bertz CT molecular complexity index is 573. The van der Waals surface area contributed by atoms with E-state index in [4.69, 9.17) is 4.52 Å². The first-order valence-electron chi connectivity index (χ1n) is 7.19. The van der Waals surface area contributed by atoms with Gasteiger partial charge < -0.3 is 9.84 Å². The van der Waals surface area contributed by atoms with Crippen molar-refractivity contribution in [1.82, 2.24) is 20.4 Å². The number of piperidine rings is 1. The van der Waals surface area contributed by atoms with Gasteiger partial charge in [-0.15, -0.1) is 12.4 Å². The molecule has 0 saturated carbocycles. The lowest BCUT2D eigenvalue weighted by Gasteiger charge is -2.33. The van der Waals surface area contributed by atoms with Crippen LogP contribution in [0, 0.1) is 5.92 Å². The van der Waals surface area contributed by atoms with Gasteiger partial charge in [-0.25, -0.2) is 0 Å². The highest BCUT2D eigenvalue weighted by atomic mass is 35.5. The largest absolute Gasteiger partial charge is 0.338 e. The van der Waals surface area contributed by atoms with Crippen LogP contribution in [0.15, 0.2) is 21.3 Å². The molecule has 2 aliphatic rings. The van der Waals surface area contributed by atoms with Crippen LogP contribution in [0.5, 0.6) is 0 Å². The molecule has 0 radical (unpaired) electrons. The Morgan fingerprint density at radius 2 is 2.38 bits per heavy atom. The standard InChI is InChI=1S/C14H18N4OS.ClH/c1-4-15-12-2-5-18(7-10(1)12)8-13-16-14(17-19-13)11-3-6-20-9-11;/h3,6,9-10,12,15H,1-2,4-5,7-8H2;1H. The van der Waals surface area contributed by atoms with Crippen molar-refractivity contribution in [1.29, 1.82) is 0 Å². The summed E-state index contributed by atoms with van der Waals surface area (Å²) in [7, 11) is 0. The average molecular weight is 327 g/mol. The quantitative estimate of drug-likeness (QED) is 0.938. The fourth-order valence-electron chi connectivity index (χ4n) is 3.29. The van der Waals surface area contributed by atoms with Crippen LogP contribution in [0.1, 0.15) is 18.7 Å². The third-order valence-electron chi connectivity index (χ3n) is 4.35. The van der Waals surface area contributed by atoms with Gasteiger partial charge in [0.25, 0.3) is 0 Å². The summed E-state index contributed by atoms with van der Waals surface area (Å²) in [5.74, 6) is 2.23. The highest BCUT2D eigenvalue weighted by molar-refractivity contribution is 7.08. The van der Waals surface area contributed by atoms with Crippen molar-refractivity contribution in [3.63, 3.8) is 0 Å². The number of hydrogen-bond acceptors (Lipinski definition) is 6. The summed E-state index contributed by atoms with van der Waals surface area (Å²) in [5, 5.41) is 11.7. The molecular weight excluding hydrogens is 308 g/mol. The van der Waals surface area contributed by atoms with Crippen LogP contribution in [0.25, 0.3) is 11.4 Å². The van der Waals surface area contributed by atoms with Gasteiger partial charge in [0.2, 0.25) is 11.7 Å². The van der Waals surface area contributed by atoms with Crippen molar-refractivity contribution in [3.05, 3.63) is 22.7 Å².